The lowest BCUT2D eigenvalue weighted by atomic mass is 9.97. The van der Waals surface area contributed by atoms with Gasteiger partial charge in [-0.2, -0.15) is 0 Å². The molecule has 1 saturated heterocycles. The van der Waals surface area contributed by atoms with Crippen molar-refractivity contribution in [3.8, 4) is 0 Å². The Labute approximate surface area is 119 Å². The van der Waals surface area contributed by atoms with Crippen LogP contribution in [-0.4, -0.2) is 53.7 Å². The minimum absolute atomic E-state index is 0.0983. The van der Waals surface area contributed by atoms with Gasteiger partial charge in [-0.1, -0.05) is 12.0 Å². The van der Waals surface area contributed by atoms with Gasteiger partial charge in [-0.05, 0) is 44.9 Å². The lowest BCUT2D eigenvalue weighted by molar-refractivity contribution is -0.117. The van der Waals surface area contributed by atoms with E-state index >= 15 is 0 Å². The fourth-order valence-corrected chi connectivity index (χ4v) is 2.41. The van der Waals surface area contributed by atoms with Crippen LogP contribution in [0.15, 0.2) is 4.42 Å². The van der Waals surface area contributed by atoms with Gasteiger partial charge < -0.3 is 9.73 Å². The number of anilines is 1. The number of nitrogens with zero attached hydrogens (tertiary/aromatic N) is 3. The number of amides is 1. The van der Waals surface area contributed by atoms with E-state index in [-0.39, 0.29) is 11.9 Å². The summed E-state index contributed by atoms with van der Waals surface area (Å²) in [5.41, 5.74) is 0. The maximum absolute atomic E-state index is 11.9. The summed E-state index contributed by atoms with van der Waals surface area (Å²) in [6.07, 6.45) is 2.28. The molecule has 1 aliphatic heterocycles. The van der Waals surface area contributed by atoms with Gasteiger partial charge in [0, 0.05) is 6.92 Å². The van der Waals surface area contributed by atoms with Crippen LogP contribution in [-0.2, 0) is 4.79 Å². The van der Waals surface area contributed by atoms with Crippen LogP contribution in [0.3, 0.4) is 0 Å². The Morgan fingerprint density at radius 3 is 2.75 bits per heavy atom. The third kappa shape index (κ3) is 4.57. The number of likely N-dealkylation sites (tertiary alicyclic amines) is 1. The number of rotatable bonds is 6. The molecule has 0 aliphatic carbocycles. The summed E-state index contributed by atoms with van der Waals surface area (Å²) in [7, 11) is 0. The van der Waals surface area contributed by atoms with Gasteiger partial charge in [0.1, 0.15) is 0 Å². The van der Waals surface area contributed by atoms with Gasteiger partial charge in [0.25, 0.3) is 0 Å². The Morgan fingerprint density at radius 2 is 2.15 bits per heavy atom. The summed E-state index contributed by atoms with van der Waals surface area (Å²) in [6, 6.07) is 0.175. The lowest BCUT2D eigenvalue weighted by Crippen LogP contribution is -2.41. The smallest absolute Gasteiger partial charge is 0.322 e. The van der Waals surface area contributed by atoms with E-state index in [1.165, 1.54) is 0 Å². The van der Waals surface area contributed by atoms with Gasteiger partial charge in [-0.3, -0.25) is 15.0 Å². The van der Waals surface area contributed by atoms with Gasteiger partial charge in [0.15, 0.2) is 0 Å². The highest BCUT2D eigenvalue weighted by molar-refractivity contribution is 5.90. The lowest BCUT2D eigenvalue weighted by Gasteiger charge is -2.31. The molecule has 2 heterocycles. The molecule has 0 atom stereocenters. The van der Waals surface area contributed by atoms with E-state index in [4.69, 9.17) is 4.42 Å². The highest BCUT2D eigenvalue weighted by atomic mass is 16.4. The second-order valence-corrected chi connectivity index (χ2v) is 5.20. The molecule has 0 aromatic carbocycles. The number of nitrogens with one attached hydrogen (secondary N) is 2. The van der Waals surface area contributed by atoms with Gasteiger partial charge in [-0.25, -0.2) is 0 Å². The molecular formula is C13H23N5O2. The molecule has 0 saturated carbocycles. The topological polar surface area (TPSA) is 83.3 Å². The molecule has 1 aliphatic rings. The second kappa shape index (κ2) is 7.35. The predicted octanol–water partition coefficient (Wildman–Crippen LogP) is 0.638. The molecule has 2 rings (SSSR count). The second-order valence-electron chi connectivity index (χ2n) is 5.20. The molecule has 2 N–H and O–H groups in total. The maximum atomic E-state index is 11.9. The Morgan fingerprint density at radius 1 is 1.40 bits per heavy atom. The number of hydrogen-bond acceptors (Lipinski definition) is 6. The fraction of sp³-hybridized carbons (Fsp3) is 0.769. The molecule has 20 heavy (non-hydrogen) atoms. The normalized spacial score (nSPS) is 17.3. The molecule has 0 bridgehead atoms. The number of hydrogen-bond donors (Lipinski definition) is 2. The van der Waals surface area contributed by atoms with E-state index in [0.29, 0.717) is 12.4 Å². The Hall–Kier alpha value is -1.47. The highest BCUT2D eigenvalue weighted by Crippen LogP contribution is 2.16. The minimum atomic E-state index is -0.0983. The van der Waals surface area contributed by atoms with Crippen LogP contribution >= 0.6 is 0 Å². The first-order valence-electron chi connectivity index (χ1n) is 7.20. The largest absolute Gasteiger partial charge is 0.408 e. The van der Waals surface area contributed by atoms with Crippen molar-refractivity contribution in [2.45, 2.75) is 26.7 Å². The number of aryl methyl sites for hydroxylation is 1. The third-order valence-corrected chi connectivity index (χ3v) is 3.53. The molecule has 0 unspecified atom stereocenters. The van der Waals surface area contributed by atoms with Crippen LogP contribution in [0.25, 0.3) is 0 Å². The molecular weight excluding hydrogens is 258 g/mol. The molecule has 1 fully saturated rings. The van der Waals surface area contributed by atoms with E-state index < -0.39 is 0 Å². The van der Waals surface area contributed by atoms with Crippen LogP contribution in [0.1, 0.15) is 25.7 Å². The molecule has 1 amide bonds. The third-order valence-electron chi connectivity index (χ3n) is 3.53. The molecule has 7 nitrogen and oxygen atoms in total. The van der Waals surface area contributed by atoms with Crippen molar-refractivity contribution in [1.82, 2.24) is 20.4 Å². The first-order valence-corrected chi connectivity index (χ1v) is 7.20. The van der Waals surface area contributed by atoms with Crippen molar-refractivity contribution >= 4 is 11.9 Å². The highest BCUT2D eigenvalue weighted by Gasteiger charge is 2.21. The number of carbonyl (C=O) groups excluding carboxylic acids is 1. The van der Waals surface area contributed by atoms with Crippen LogP contribution < -0.4 is 10.6 Å². The molecule has 1 aromatic rings. The number of carbonyl (C=O) groups is 1. The van der Waals surface area contributed by atoms with E-state index in [9.17, 15) is 4.79 Å². The summed E-state index contributed by atoms with van der Waals surface area (Å²) in [5, 5.41) is 13.4. The SMILES string of the molecule is CCNCC1CCN(CC(=O)Nc2nnc(C)o2)CC1. The zero-order chi connectivity index (χ0) is 14.4. The molecule has 112 valence electrons. The summed E-state index contributed by atoms with van der Waals surface area (Å²) in [5.74, 6) is 1.08. The van der Waals surface area contributed by atoms with Gasteiger partial charge in [-0.15, -0.1) is 5.10 Å². The first-order chi connectivity index (χ1) is 9.67. The molecule has 0 radical (unpaired) electrons. The monoisotopic (exact) mass is 281 g/mol. The van der Waals surface area contributed by atoms with Crippen LogP contribution in [0, 0.1) is 12.8 Å². The van der Waals surface area contributed by atoms with Crippen molar-refractivity contribution < 1.29 is 9.21 Å². The molecule has 0 spiro atoms. The summed E-state index contributed by atoms with van der Waals surface area (Å²) in [6.45, 7) is 8.23. The number of aromatic nitrogens is 2. The standard InChI is InChI=1S/C13H23N5O2/c1-3-14-8-11-4-6-18(7-5-11)9-12(19)15-13-17-16-10(2)20-13/h11,14H,3-9H2,1-2H3,(H,15,17,19). The first kappa shape index (κ1) is 14.9. The van der Waals surface area contributed by atoms with E-state index in [1.54, 1.807) is 6.92 Å². The zero-order valence-electron chi connectivity index (χ0n) is 12.2. The molecule has 1 aromatic heterocycles. The summed E-state index contributed by atoms with van der Waals surface area (Å²) >= 11 is 0. The summed E-state index contributed by atoms with van der Waals surface area (Å²) < 4.78 is 5.12. The van der Waals surface area contributed by atoms with Crippen molar-refractivity contribution in [3.63, 3.8) is 0 Å². The van der Waals surface area contributed by atoms with E-state index in [1.807, 2.05) is 0 Å². The average Bonchev–Trinajstić information content (AvgIpc) is 2.83. The van der Waals surface area contributed by atoms with Crippen LogP contribution in [0.4, 0.5) is 6.01 Å². The quantitative estimate of drug-likeness (QED) is 0.796. The number of piperidine rings is 1. The summed E-state index contributed by atoms with van der Waals surface area (Å²) in [4.78, 5) is 14.0. The minimum Gasteiger partial charge on any atom is -0.408 e. The maximum Gasteiger partial charge on any atom is 0.322 e. The Kier molecular flexibility index (Phi) is 5.49. The Bertz CT molecular complexity index is 426. The van der Waals surface area contributed by atoms with Crippen LogP contribution in [0.5, 0.6) is 0 Å². The zero-order valence-corrected chi connectivity index (χ0v) is 12.2. The van der Waals surface area contributed by atoms with E-state index in [2.05, 4.69) is 32.7 Å². The van der Waals surface area contributed by atoms with Crippen molar-refractivity contribution in [3.05, 3.63) is 5.89 Å². The van der Waals surface area contributed by atoms with Gasteiger partial charge in [0.05, 0.1) is 6.54 Å². The van der Waals surface area contributed by atoms with Crippen molar-refractivity contribution in [2.24, 2.45) is 5.92 Å². The molecule has 7 heteroatoms. The van der Waals surface area contributed by atoms with Crippen molar-refractivity contribution in [2.75, 3.05) is 38.0 Å². The average molecular weight is 281 g/mol. The van der Waals surface area contributed by atoms with E-state index in [0.717, 1.165) is 44.9 Å². The van der Waals surface area contributed by atoms with Gasteiger partial charge >= 0.3 is 6.01 Å². The van der Waals surface area contributed by atoms with Gasteiger partial charge in [0.2, 0.25) is 11.8 Å². The fourth-order valence-electron chi connectivity index (χ4n) is 2.41. The Balaban J connectivity index is 1.68. The predicted molar refractivity (Wildman–Crippen MR) is 75.4 cm³/mol. The van der Waals surface area contributed by atoms with Crippen LogP contribution in [0.2, 0.25) is 0 Å². The van der Waals surface area contributed by atoms with Crippen molar-refractivity contribution in [1.29, 1.82) is 0 Å².